The van der Waals surface area contributed by atoms with Gasteiger partial charge in [-0.3, -0.25) is 13.9 Å². The average molecular weight is 662 g/mol. The quantitative estimate of drug-likeness (QED) is 0.139. The largest absolute Gasteiger partial charge is 0.494 e. The van der Waals surface area contributed by atoms with Gasteiger partial charge in [0.25, 0.3) is 10.0 Å². The molecule has 0 fully saturated rings. The van der Waals surface area contributed by atoms with E-state index in [-0.39, 0.29) is 29.5 Å². The molecule has 2 amide bonds. The first kappa shape index (κ1) is 34.5. The zero-order chi connectivity index (χ0) is 32.9. The monoisotopic (exact) mass is 661 g/mol. The van der Waals surface area contributed by atoms with Crippen LogP contribution in [0.4, 0.5) is 5.69 Å². The van der Waals surface area contributed by atoms with E-state index in [1.54, 1.807) is 60.7 Å². The molecule has 0 saturated heterocycles. The fourth-order valence-electron chi connectivity index (χ4n) is 5.02. The van der Waals surface area contributed by atoms with Gasteiger partial charge in [-0.25, -0.2) is 8.42 Å². The molecule has 4 aromatic carbocycles. The lowest BCUT2D eigenvalue weighted by molar-refractivity contribution is -0.140. The highest BCUT2D eigenvalue weighted by Gasteiger charge is 2.34. The topological polar surface area (TPSA) is 96.0 Å². The van der Waals surface area contributed by atoms with Crippen LogP contribution in [0, 0.1) is 0 Å². The van der Waals surface area contributed by atoms with E-state index in [1.165, 1.54) is 17.0 Å². The van der Waals surface area contributed by atoms with E-state index in [0.717, 1.165) is 22.7 Å². The van der Waals surface area contributed by atoms with Crippen LogP contribution in [0.5, 0.6) is 5.75 Å². The number of sulfonamides is 1. The van der Waals surface area contributed by atoms with Crippen molar-refractivity contribution in [3.8, 4) is 5.75 Å². The Balaban J connectivity index is 1.78. The number of rotatable bonds is 16. The van der Waals surface area contributed by atoms with Gasteiger partial charge in [-0.15, -0.1) is 0 Å². The Morgan fingerprint density at radius 3 is 2.13 bits per heavy atom. The first-order chi connectivity index (χ1) is 22.2. The van der Waals surface area contributed by atoms with Crippen LogP contribution in [0.2, 0.25) is 5.02 Å². The van der Waals surface area contributed by atoms with E-state index in [9.17, 15) is 18.0 Å². The highest BCUT2D eigenvalue weighted by atomic mass is 35.5. The zero-order valence-electron chi connectivity index (χ0n) is 26.1. The van der Waals surface area contributed by atoms with Crippen molar-refractivity contribution in [2.45, 2.75) is 50.6 Å². The highest BCUT2D eigenvalue weighted by Crippen LogP contribution is 2.27. The normalized spacial score (nSPS) is 11.8. The number of benzene rings is 4. The van der Waals surface area contributed by atoms with Crippen molar-refractivity contribution >= 4 is 39.1 Å². The summed E-state index contributed by atoms with van der Waals surface area (Å²) in [5.74, 6) is -0.282. The lowest BCUT2D eigenvalue weighted by Crippen LogP contribution is -2.53. The van der Waals surface area contributed by atoms with Crippen molar-refractivity contribution in [3.63, 3.8) is 0 Å². The maximum absolute atomic E-state index is 14.5. The molecular formula is C36H40ClN3O5S. The number of unbranched alkanes of at least 4 members (excludes halogenated alkanes) is 1. The molecule has 1 N–H and O–H groups in total. The minimum atomic E-state index is -4.19. The molecule has 0 saturated carbocycles. The molecule has 242 valence electrons. The molecule has 0 radical (unpaired) electrons. The molecule has 0 aliphatic rings. The van der Waals surface area contributed by atoms with Gasteiger partial charge in [0, 0.05) is 24.5 Å². The van der Waals surface area contributed by atoms with E-state index >= 15 is 0 Å². The number of halogens is 1. The predicted molar refractivity (Wildman–Crippen MR) is 182 cm³/mol. The number of amides is 2. The number of hydrogen-bond acceptors (Lipinski definition) is 5. The van der Waals surface area contributed by atoms with Gasteiger partial charge in [-0.2, -0.15) is 0 Å². The number of carbonyl (C=O) groups excluding carboxylic acids is 2. The molecule has 10 heteroatoms. The third-order valence-electron chi connectivity index (χ3n) is 7.39. The van der Waals surface area contributed by atoms with Gasteiger partial charge in [0.1, 0.15) is 18.3 Å². The summed E-state index contributed by atoms with van der Waals surface area (Å²) < 4.78 is 34.8. The fourth-order valence-corrected chi connectivity index (χ4v) is 6.66. The Morgan fingerprint density at radius 2 is 1.50 bits per heavy atom. The number of nitrogens with zero attached hydrogens (tertiary/aromatic N) is 2. The molecule has 0 aliphatic heterocycles. The van der Waals surface area contributed by atoms with Crippen LogP contribution < -0.4 is 14.4 Å². The summed E-state index contributed by atoms with van der Waals surface area (Å²) >= 11 is 6.31. The van der Waals surface area contributed by atoms with Crippen LogP contribution in [-0.2, 0) is 32.6 Å². The number of nitrogens with one attached hydrogen (secondary N) is 1. The minimum absolute atomic E-state index is 0.0382. The smallest absolute Gasteiger partial charge is 0.264 e. The summed E-state index contributed by atoms with van der Waals surface area (Å²) in [5, 5.41) is 3.48. The second kappa shape index (κ2) is 16.8. The van der Waals surface area contributed by atoms with E-state index in [4.69, 9.17) is 16.3 Å². The van der Waals surface area contributed by atoms with Crippen LogP contribution in [0.1, 0.15) is 37.8 Å². The maximum Gasteiger partial charge on any atom is 0.264 e. The first-order valence-electron chi connectivity index (χ1n) is 15.4. The van der Waals surface area contributed by atoms with Crippen molar-refractivity contribution in [1.82, 2.24) is 10.2 Å². The Bertz CT molecular complexity index is 1670. The molecule has 0 aromatic heterocycles. The number of ether oxygens (including phenoxy) is 1. The van der Waals surface area contributed by atoms with Gasteiger partial charge in [-0.05, 0) is 73.0 Å². The molecule has 0 aliphatic carbocycles. The number of hydrogen-bond donors (Lipinski definition) is 1. The van der Waals surface area contributed by atoms with E-state index in [0.29, 0.717) is 29.5 Å². The molecule has 4 aromatic rings. The molecule has 0 bridgehead atoms. The van der Waals surface area contributed by atoms with Gasteiger partial charge in [-0.1, -0.05) is 85.6 Å². The second-order valence-electron chi connectivity index (χ2n) is 10.8. The van der Waals surface area contributed by atoms with Crippen molar-refractivity contribution in [2.24, 2.45) is 0 Å². The van der Waals surface area contributed by atoms with Crippen molar-refractivity contribution in [3.05, 3.63) is 125 Å². The Hall–Kier alpha value is -4.34. The van der Waals surface area contributed by atoms with Crippen LogP contribution in [0.25, 0.3) is 0 Å². The van der Waals surface area contributed by atoms with E-state index in [1.807, 2.05) is 50.2 Å². The van der Waals surface area contributed by atoms with Gasteiger partial charge in [0.15, 0.2) is 0 Å². The highest BCUT2D eigenvalue weighted by molar-refractivity contribution is 7.92. The summed E-state index contributed by atoms with van der Waals surface area (Å²) in [6.07, 6.45) is 1.91. The number of anilines is 1. The summed E-state index contributed by atoms with van der Waals surface area (Å²) in [4.78, 5) is 29.8. The molecule has 0 unspecified atom stereocenters. The Kier molecular flexibility index (Phi) is 12.6. The molecule has 46 heavy (non-hydrogen) atoms. The summed E-state index contributed by atoms with van der Waals surface area (Å²) in [6, 6.07) is 30.1. The third-order valence-corrected chi connectivity index (χ3v) is 9.41. The van der Waals surface area contributed by atoms with Crippen LogP contribution in [-0.4, -0.2) is 50.9 Å². The van der Waals surface area contributed by atoms with Crippen molar-refractivity contribution < 1.29 is 22.7 Å². The first-order valence-corrected chi connectivity index (χ1v) is 17.2. The lowest BCUT2D eigenvalue weighted by Gasteiger charge is -2.34. The van der Waals surface area contributed by atoms with Gasteiger partial charge in [0.2, 0.25) is 11.8 Å². The Labute approximate surface area is 277 Å². The minimum Gasteiger partial charge on any atom is -0.494 e. The van der Waals surface area contributed by atoms with E-state index in [2.05, 4.69) is 5.32 Å². The standard InChI is InChI=1S/C36H40ClN3O5S/c1-3-5-23-38-36(42)34(25-28-13-8-6-9-14-28)39(26-29-15-12-16-30(37)24-29)35(41)27-40(31-19-21-32(22-20-31)45-4-2)46(43,44)33-17-10-7-11-18-33/h6-22,24,34H,3-5,23,25-27H2,1-2H3,(H,38,42)/t34-/m0/s1. The zero-order valence-corrected chi connectivity index (χ0v) is 27.7. The summed E-state index contributed by atoms with van der Waals surface area (Å²) in [6.45, 7) is 4.30. The number of carbonyl (C=O) groups is 2. The van der Waals surface area contributed by atoms with Crippen LogP contribution in [0.3, 0.4) is 0 Å². The molecular weight excluding hydrogens is 622 g/mol. The molecule has 0 spiro atoms. The maximum atomic E-state index is 14.5. The fraction of sp³-hybridized carbons (Fsp3) is 0.278. The third kappa shape index (κ3) is 9.34. The van der Waals surface area contributed by atoms with E-state index < -0.39 is 28.5 Å². The summed E-state index contributed by atoms with van der Waals surface area (Å²) in [5.41, 5.74) is 1.86. The molecule has 1 atom stereocenters. The van der Waals surface area contributed by atoms with Crippen LogP contribution in [0.15, 0.2) is 114 Å². The van der Waals surface area contributed by atoms with Crippen LogP contribution >= 0.6 is 11.6 Å². The average Bonchev–Trinajstić information content (AvgIpc) is 3.06. The molecule has 4 rings (SSSR count). The predicted octanol–water partition coefficient (Wildman–Crippen LogP) is 6.49. The molecule has 8 nitrogen and oxygen atoms in total. The van der Waals surface area contributed by atoms with Crippen molar-refractivity contribution in [2.75, 3.05) is 24.0 Å². The summed E-state index contributed by atoms with van der Waals surface area (Å²) in [7, 11) is -4.19. The van der Waals surface area contributed by atoms with Crippen molar-refractivity contribution in [1.29, 1.82) is 0 Å². The SMILES string of the molecule is CCCCNC(=O)[C@H](Cc1ccccc1)N(Cc1cccc(Cl)c1)C(=O)CN(c1ccc(OCC)cc1)S(=O)(=O)c1ccccc1. The molecule has 0 heterocycles. The lowest BCUT2D eigenvalue weighted by atomic mass is 10.0. The van der Waals surface area contributed by atoms with Gasteiger partial charge < -0.3 is 15.0 Å². The Morgan fingerprint density at radius 1 is 0.848 bits per heavy atom. The second-order valence-corrected chi connectivity index (χ2v) is 13.1. The van der Waals surface area contributed by atoms with Gasteiger partial charge in [0.05, 0.1) is 17.2 Å². The van der Waals surface area contributed by atoms with Gasteiger partial charge >= 0.3 is 0 Å².